The summed E-state index contributed by atoms with van der Waals surface area (Å²) in [6.07, 6.45) is 4.05. The van der Waals surface area contributed by atoms with Crippen LogP contribution in [0.5, 0.6) is 11.5 Å². The fraction of sp³-hybridized carbons (Fsp3) is 0.348. The molecule has 7 nitrogen and oxygen atoms in total. The van der Waals surface area contributed by atoms with E-state index in [4.69, 9.17) is 21.1 Å². The Morgan fingerprint density at radius 2 is 1.94 bits per heavy atom. The van der Waals surface area contributed by atoms with Crippen LogP contribution in [0.1, 0.15) is 30.9 Å². The van der Waals surface area contributed by atoms with Crippen molar-refractivity contribution in [1.29, 1.82) is 0 Å². The molecule has 0 unspecified atom stereocenters. The van der Waals surface area contributed by atoms with E-state index in [-0.39, 0.29) is 24.1 Å². The third kappa shape index (κ3) is 3.85. The van der Waals surface area contributed by atoms with Crippen molar-refractivity contribution in [3.05, 3.63) is 63.7 Å². The van der Waals surface area contributed by atoms with Gasteiger partial charge in [-0.1, -0.05) is 17.7 Å². The molecule has 1 atom stereocenters. The number of carbonyl (C=O) groups excluding carboxylic acids is 1. The molecule has 2 aromatic carbocycles. The van der Waals surface area contributed by atoms with Crippen molar-refractivity contribution in [3.63, 3.8) is 0 Å². The molecule has 1 fully saturated rings. The quantitative estimate of drug-likeness (QED) is 0.623. The minimum atomic E-state index is -0.271. The van der Waals surface area contributed by atoms with Crippen LogP contribution in [0.25, 0.3) is 10.9 Å². The van der Waals surface area contributed by atoms with Gasteiger partial charge in [0.05, 0.1) is 36.5 Å². The summed E-state index contributed by atoms with van der Waals surface area (Å²) in [4.78, 5) is 32.1. The number of likely N-dealkylation sites (tertiary alicyclic amines) is 1. The highest BCUT2D eigenvalue weighted by Gasteiger charge is 2.31. The van der Waals surface area contributed by atoms with E-state index in [2.05, 4.69) is 4.98 Å². The number of fused-ring (bicyclic) bond motifs is 2. The summed E-state index contributed by atoms with van der Waals surface area (Å²) in [6.45, 7) is 1.85. The topological polar surface area (TPSA) is 73.7 Å². The number of nitrogens with zero attached hydrogens (tertiary/aromatic N) is 3. The van der Waals surface area contributed by atoms with E-state index in [9.17, 15) is 9.59 Å². The molecule has 0 bridgehead atoms. The number of hydrogen-bond acceptors (Lipinski definition) is 5. The van der Waals surface area contributed by atoms with E-state index in [1.165, 1.54) is 10.9 Å². The van der Waals surface area contributed by atoms with Crippen molar-refractivity contribution in [1.82, 2.24) is 14.5 Å². The minimum Gasteiger partial charge on any atom is -0.490 e. The highest BCUT2D eigenvalue weighted by atomic mass is 35.5. The second-order valence-electron chi connectivity index (χ2n) is 7.84. The van der Waals surface area contributed by atoms with Gasteiger partial charge in [0, 0.05) is 18.0 Å². The van der Waals surface area contributed by atoms with E-state index < -0.39 is 0 Å². The Morgan fingerprint density at radius 3 is 2.81 bits per heavy atom. The van der Waals surface area contributed by atoms with Crippen molar-refractivity contribution in [2.45, 2.75) is 31.8 Å². The number of rotatable bonds is 3. The molecule has 5 rings (SSSR count). The van der Waals surface area contributed by atoms with Crippen molar-refractivity contribution in [3.8, 4) is 11.5 Å². The zero-order valence-electron chi connectivity index (χ0n) is 16.9. The summed E-state index contributed by atoms with van der Waals surface area (Å²) in [5.74, 6) is 1.35. The van der Waals surface area contributed by atoms with Gasteiger partial charge in [-0.3, -0.25) is 14.2 Å². The highest BCUT2D eigenvalue weighted by Crippen LogP contribution is 2.38. The summed E-state index contributed by atoms with van der Waals surface area (Å²) in [5, 5.41) is 0.869. The molecule has 1 saturated heterocycles. The molecule has 1 amide bonds. The Bertz CT molecular complexity index is 1210. The van der Waals surface area contributed by atoms with E-state index >= 15 is 0 Å². The number of amides is 1. The molecule has 31 heavy (non-hydrogen) atoms. The van der Waals surface area contributed by atoms with Crippen molar-refractivity contribution < 1.29 is 14.3 Å². The van der Waals surface area contributed by atoms with Gasteiger partial charge in [0.15, 0.2) is 11.5 Å². The number of halogens is 1. The number of aromatic nitrogens is 2. The van der Waals surface area contributed by atoms with Gasteiger partial charge >= 0.3 is 0 Å². The first kappa shape index (κ1) is 19.9. The van der Waals surface area contributed by atoms with E-state index in [1.54, 1.807) is 18.2 Å². The van der Waals surface area contributed by atoms with Gasteiger partial charge in [-0.25, -0.2) is 4.98 Å². The Labute approximate surface area is 184 Å². The molecule has 1 aromatic heterocycles. The lowest BCUT2D eigenvalue weighted by Gasteiger charge is -2.26. The van der Waals surface area contributed by atoms with E-state index in [1.807, 2.05) is 23.1 Å². The summed E-state index contributed by atoms with van der Waals surface area (Å²) in [6, 6.07) is 10.8. The molecule has 8 heteroatoms. The Balaban J connectivity index is 1.39. The molecule has 0 aliphatic carbocycles. The van der Waals surface area contributed by atoms with Gasteiger partial charge in [-0.15, -0.1) is 0 Å². The van der Waals surface area contributed by atoms with Crippen molar-refractivity contribution in [2.75, 3.05) is 19.8 Å². The summed E-state index contributed by atoms with van der Waals surface area (Å²) in [5.41, 5.74) is 1.31. The van der Waals surface area contributed by atoms with Crippen LogP contribution in [0.15, 0.2) is 47.5 Å². The maximum absolute atomic E-state index is 13.2. The van der Waals surface area contributed by atoms with Crippen LogP contribution in [0.2, 0.25) is 5.02 Å². The first-order valence-corrected chi connectivity index (χ1v) is 10.8. The van der Waals surface area contributed by atoms with Crippen LogP contribution in [0.4, 0.5) is 0 Å². The molecule has 0 radical (unpaired) electrons. The Kier molecular flexibility index (Phi) is 5.28. The third-order valence-electron chi connectivity index (χ3n) is 5.82. The second kappa shape index (κ2) is 8.23. The highest BCUT2D eigenvalue weighted by molar-refractivity contribution is 6.31. The summed E-state index contributed by atoms with van der Waals surface area (Å²) < 4.78 is 12.9. The van der Waals surface area contributed by atoms with Crippen LogP contribution in [-0.2, 0) is 11.3 Å². The molecule has 0 N–H and O–H groups in total. The number of carbonyl (C=O) groups is 1. The largest absolute Gasteiger partial charge is 0.490 e. The SMILES string of the molecule is O=C(Cn1cnc2ccc(Cl)cc2c1=O)N1CCC[C@@H]1c1ccc2c(c1)OCCCO2. The van der Waals surface area contributed by atoms with Crippen LogP contribution in [0.3, 0.4) is 0 Å². The number of hydrogen-bond donors (Lipinski definition) is 0. The fourth-order valence-electron chi connectivity index (χ4n) is 4.28. The predicted octanol–water partition coefficient (Wildman–Crippen LogP) is 3.57. The van der Waals surface area contributed by atoms with Crippen LogP contribution >= 0.6 is 11.6 Å². The lowest BCUT2D eigenvalue weighted by Crippen LogP contribution is -2.36. The van der Waals surface area contributed by atoms with Crippen molar-refractivity contribution >= 4 is 28.4 Å². The summed E-state index contributed by atoms with van der Waals surface area (Å²) >= 11 is 6.03. The maximum Gasteiger partial charge on any atom is 0.261 e. The second-order valence-corrected chi connectivity index (χ2v) is 8.28. The first-order valence-electron chi connectivity index (χ1n) is 10.4. The molecule has 160 valence electrons. The zero-order chi connectivity index (χ0) is 21.4. The standard InChI is InChI=1S/C23H22ClN3O4/c24-16-5-6-18-17(12-16)23(29)26(14-25-18)13-22(28)27-8-1-3-19(27)15-4-7-20-21(11-15)31-10-2-9-30-20/h4-7,11-12,14,19H,1-3,8-10,13H2/t19-/m1/s1. The van der Waals surface area contributed by atoms with Gasteiger partial charge in [0.1, 0.15) is 6.54 Å². The smallest absolute Gasteiger partial charge is 0.261 e. The molecule has 2 aliphatic heterocycles. The lowest BCUT2D eigenvalue weighted by atomic mass is 10.0. The molecule has 2 aliphatic rings. The summed E-state index contributed by atoms with van der Waals surface area (Å²) in [7, 11) is 0. The molecule has 0 spiro atoms. The third-order valence-corrected chi connectivity index (χ3v) is 6.06. The van der Waals surface area contributed by atoms with Gasteiger partial charge in [-0.05, 0) is 48.7 Å². The van der Waals surface area contributed by atoms with Gasteiger partial charge in [-0.2, -0.15) is 0 Å². The molecular formula is C23H22ClN3O4. The normalized spacial score (nSPS) is 18.2. The molecule has 3 aromatic rings. The average Bonchev–Trinajstić information content (AvgIpc) is 3.15. The molecular weight excluding hydrogens is 418 g/mol. The maximum atomic E-state index is 13.2. The van der Waals surface area contributed by atoms with Gasteiger partial charge < -0.3 is 14.4 Å². The van der Waals surface area contributed by atoms with E-state index in [0.29, 0.717) is 35.7 Å². The Hall–Kier alpha value is -3.06. The molecule has 3 heterocycles. The first-order chi connectivity index (χ1) is 15.1. The predicted molar refractivity (Wildman–Crippen MR) is 117 cm³/mol. The minimum absolute atomic E-state index is 0.0526. The van der Waals surface area contributed by atoms with Crippen LogP contribution in [-0.4, -0.2) is 40.1 Å². The lowest BCUT2D eigenvalue weighted by molar-refractivity contribution is -0.132. The number of ether oxygens (including phenoxy) is 2. The van der Waals surface area contributed by atoms with E-state index in [0.717, 1.165) is 36.3 Å². The fourth-order valence-corrected chi connectivity index (χ4v) is 4.45. The number of benzene rings is 2. The van der Waals surface area contributed by atoms with Crippen LogP contribution in [0, 0.1) is 0 Å². The van der Waals surface area contributed by atoms with Gasteiger partial charge in [0.2, 0.25) is 5.91 Å². The van der Waals surface area contributed by atoms with Crippen LogP contribution < -0.4 is 15.0 Å². The monoisotopic (exact) mass is 439 g/mol. The van der Waals surface area contributed by atoms with Gasteiger partial charge in [0.25, 0.3) is 5.56 Å². The van der Waals surface area contributed by atoms with Crippen molar-refractivity contribution in [2.24, 2.45) is 0 Å². The Morgan fingerprint density at radius 1 is 1.10 bits per heavy atom. The molecule has 0 saturated carbocycles. The zero-order valence-corrected chi connectivity index (χ0v) is 17.7. The average molecular weight is 440 g/mol.